The molecule has 0 aliphatic rings. The summed E-state index contributed by atoms with van der Waals surface area (Å²) in [6.45, 7) is 6.03. The van der Waals surface area contributed by atoms with E-state index in [0.717, 1.165) is 32.5 Å². The monoisotopic (exact) mass is 344 g/mol. The Morgan fingerprint density at radius 1 is 1.17 bits per heavy atom. The van der Waals surface area contributed by atoms with E-state index < -0.39 is 0 Å². The topological polar surface area (TPSA) is 42.0 Å². The van der Waals surface area contributed by atoms with E-state index >= 15 is 0 Å². The molecule has 0 radical (unpaired) electrons. The van der Waals surface area contributed by atoms with Crippen LogP contribution in [-0.4, -0.2) is 10.9 Å². The van der Waals surface area contributed by atoms with E-state index in [-0.39, 0.29) is 5.91 Å². The van der Waals surface area contributed by atoms with Gasteiger partial charge in [0.05, 0.1) is 21.7 Å². The van der Waals surface area contributed by atoms with Crippen molar-refractivity contribution in [3.8, 4) is 0 Å². The summed E-state index contributed by atoms with van der Waals surface area (Å²) in [5.41, 5.74) is 5.22. The highest BCUT2D eigenvalue weighted by Gasteiger charge is 2.13. The molecule has 2 aromatic carbocycles. The van der Waals surface area contributed by atoms with Crippen molar-refractivity contribution in [1.29, 1.82) is 0 Å². The first-order valence-electron chi connectivity index (χ1n) is 7.35. The van der Waals surface area contributed by atoms with Gasteiger partial charge in [0, 0.05) is 0 Å². The van der Waals surface area contributed by atoms with E-state index in [1.165, 1.54) is 11.3 Å². The Bertz CT molecular complexity index is 862. The molecule has 1 aromatic heterocycles. The summed E-state index contributed by atoms with van der Waals surface area (Å²) >= 11 is 7.61. The van der Waals surface area contributed by atoms with Crippen LogP contribution in [0.4, 0.5) is 5.13 Å². The van der Waals surface area contributed by atoms with Crippen LogP contribution in [-0.2, 0) is 11.2 Å². The molecule has 1 heterocycles. The van der Waals surface area contributed by atoms with Gasteiger partial charge in [0.15, 0.2) is 5.13 Å². The first-order chi connectivity index (χ1) is 10.9. The fourth-order valence-electron chi connectivity index (χ4n) is 2.48. The van der Waals surface area contributed by atoms with Crippen LogP contribution >= 0.6 is 22.9 Å². The number of hydrogen-bond donors (Lipinski definition) is 1. The molecule has 0 bridgehead atoms. The third-order valence-corrected chi connectivity index (χ3v) is 5.23. The van der Waals surface area contributed by atoms with Gasteiger partial charge in [0.2, 0.25) is 5.91 Å². The zero-order chi connectivity index (χ0) is 16.6. The molecule has 3 rings (SSSR count). The van der Waals surface area contributed by atoms with Gasteiger partial charge in [-0.15, -0.1) is 0 Å². The van der Waals surface area contributed by atoms with Crippen LogP contribution in [0.5, 0.6) is 0 Å². The molecular formula is C18H17ClN2OS. The lowest BCUT2D eigenvalue weighted by atomic mass is 10.0. The van der Waals surface area contributed by atoms with Gasteiger partial charge in [-0.3, -0.25) is 4.79 Å². The standard InChI is InChI=1S/C18H17ClN2OS/c1-10-4-5-11(2)13(8-10)9-15(22)20-18-21-16-12(3)6-7-14(19)17(16)23-18/h4-8H,9H2,1-3H3,(H,20,21,22). The largest absolute Gasteiger partial charge is 0.302 e. The van der Waals surface area contributed by atoms with Gasteiger partial charge in [-0.05, 0) is 43.5 Å². The number of carbonyl (C=O) groups excluding carboxylic acids is 1. The predicted octanol–water partition coefficient (Wildman–Crippen LogP) is 5.06. The van der Waals surface area contributed by atoms with Crippen molar-refractivity contribution in [2.45, 2.75) is 27.2 Å². The lowest BCUT2D eigenvalue weighted by Crippen LogP contribution is -2.14. The van der Waals surface area contributed by atoms with E-state index in [9.17, 15) is 4.79 Å². The Hall–Kier alpha value is -1.91. The number of anilines is 1. The Morgan fingerprint density at radius 2 is 1.91 bits per heavy atom. The number of rotatable bonds is 3. The fourth-order valence-corrected chi connectivity index (χ4v) is 3.71. The van der Waals surface area contributed by atoms with Crippen LogP contribution in [0.1, 0.15) is 22.3 Å². The summed E-state index contributed by atoms with van der Waals surface area (Å²) in [7, 11) is 0. The smallest absolute Gasteiger partial charge is 0.230 e. The van der Waals surface area contributed by atoms with E-state index in [0.29, 0.717) is 16.6 Å². The first-order valence-corrected chi connectivity index (χ1v) is 8.55. The molecule has 0 aliphatic heterocycles. The molecule has 1 N–H and O–H groups in total. The first kappa shape index (κ1) is 16.0. The maximum Gasteiger partial charge on any atom is 0.230 e. The quantitative estimate of drug-likeness (QED) is 0.721. The third kappa shape index (κ3) is 3.38. The van der Waals surface area contributed by atoms with E-state index in [4.69, 9.17) is 11.6 Å². The van der Waals surface area contributed by atoms with Gasteiger partial charge in [-0.1, -0.05) is 52.8 Å². The molecule has 23 heavy (non-hydrogen) atoms. The van der Waals surface area contributed by atoms with Crippen molar-refractivity contribution >= 4 is 44.2 Å². The number of nitrogens with one attached hydrogen (secondary N) is 1. The van der Waals surface area contributed by atoms with E-state index in [1.54, 1.807) is 0 Å². The summed E-state index contributed by atoms with van der Waals surface area (Å²) in [4.78, 5) is 16.8. The number of halogens is 1. The zero-order valence-corrected chi connectivity index (χ0v) is 14.8. The summed E-state index contributed by atoms with van der Waals surface area (Å²) in [5.74, 6) is -0.0634. The second kappa shape index (κ2) is 6.30. The Morgan fingerprint density at radius 3 is 2.65 bits per heavy atom. The maximum atomic E-state index is 12.3. The summed E-state index contributed by atoms with van der Waals surface area (Å²) in [6, 6.07) is 9.94. The number of benzene rings is 2. The number of fused-ring (bicyclic) bond motifs is 1. The van der Waals surface area contributed by atoms with Crippen molar-refractivity contribution in [3.05, 3.63) is 57.6 Å². The van der Waals surface area contributed by atoms with Crippen molar-refractivity contribution in [1.82, 2.24) is 4.98 Å². The van der Waals surface area contributed by atoms with E-state index in [1.807, 2.05) is 45.0 Å². The number of carbonyl (C=O) groups is 1. The van der Waals surface area contributed by atoms with Crippen molar-refractivity contribution in [3.63, 3.8) is 0 Å². The minimum atomic E-state index is -0.0634. The second-order valence-corrected chi connectivity index (χ2v) is 7.12. The zero-order valence-electron chi connectivity index (χ0n) is 13.2. The second-order valence-electron chi connectivity index (χ2n) is 5.72. The minimum absolute atomic E-state index is 0.0634. The number of aryl methyl sites for hydroxylation is 3. The SMILES string of the molecule is Cc1ccc(C)c(CC(=O)Nc2nc3c(C)ccc(Cl)c3s2)c1. The molecular weight excluding hydrogens is 328 g/mol. The number of hydrogen-bond acceptors (Lipinski definition) is 3. The molecule has 118 valence electrons. The fraction of sp³-hybridized carbons (Fsp3) is 0.222. The molecule has 3 nitrogen and oxygen atoms in total. The van der Waals surface area contributed by atoms with Crippen LogP contribution in [0.25, 0.3) is 10.2 Å². The highest BCUT2D eigenvalue weighted by molar-refractivity contribution is 7.23. The number of nitrogens with zero attached hydrogens (tertiary/aromatic N) is 1. The summed E-state index contributed by atoms with van der Waals surface area (Å²) < 4.78 is 0.911. The van der Waals surface area contributed by atoms with Crippen LogP contribution in [0, 0.1) is 20.8 Å². The van der Waals surface area contributed by atoms with Crippen LogP contribution in [0.2, 0.25) is 5.02 Å². The molecule has 0 saturated heterocycles. The average Bonchev–Trinajstić information content (AvgIpc) is 2.92. The number of aromatic nitrogens is 1. The molecule has 3 aromatic rings. The Balaban J connectivity index is 1.82. The van der Waals surface area contributed by atoms with Crippen LogP contribution in [0.15, 0.2) is 30.3 Å². The molecule has 0 spiro atoms. The highest BCUT2D eigenvalue weighted by Crippen LogP contribution is 2.33. The number of amides is 1. The number of thiazole rings is 1. The lowest BCUT2D eigenvalue weighted by molar-refractivity contribution is -0.115. The van der Waals surface area contributed by atoms with Crippen molar-refractivity contribution < 1.29 is 4.79 Å². The summed E-state index contributed by atoms with van der Waals surface area (Å²) in [5, 5.41) is 4.15. The Kier molecular flexibility index (Phi) is 4.37. The molecule has 0 fully saturated rings. The lowest BCUT2D eigenvalue weighted by Gasteiger charge is -2.06. The summed E-state index contributed by atoms with van der Waals surface area (Å²) in [6.07, 6.45) is 0.343. The van der Waals surface area contributed by atoms with Gasteiger partial charge < -0.3 is 5.32 Å². The Labute approximate surface area is 144 Å². The molecule has 0 saturated carbocycles. The molecule has 0 aliphatic carbocycles. The molecule has 5 heteroatoms. The normalized spacial score (nSPS) is 11.0. The van der Waals surface area contributed by atoms with E-state index in [2.05, 4.69) is 16.4 Å². The minimum Gasteiger partial charge on any atom is -0.302 e. The van der Waals surface area contributed by atoms with Gasteiger partial charge in [0.25, 0.3) is 0 Å². The molecule has 1 amide bonds. The van der Waals surface area contributed by atoms with Gasteiger partial charge >= 0.3 is 0 Å². The van der Waals surface area contributed by atoms with Crippen LogP contribution < -0.4 is 5.32 Å². The van der Waals surface area contributed by atoms with Gasteiger partial charge in [-0.2, -0.15) is 0 Å². The molecule has 0 unspecified atom stereocenters. The third-order valence-electron chi connectivity index (χ3n) is 3.80. The van der Waals surface area contributed by atoms with Gasteiger partial charge in [-0.25, -0.2) is 4.98 Å². The molecule has 0 atom stereocenters. The average molecular weight is 345 g/mol. The van der Waals surface area contributed by atoms with Gasteiger partial charge in [0.1, 0.15) is 0 Å². The van der Waals surface area contributed by atoms with Crippen LogP contribution in [0.3, 0.4) is 0 Å². The maximum absolute atomic E-state index is 12.3. The highest BCUT2D eigenvalue weighted by atomic mass is 35.5. The van der Waals surface area contributed by atoms with Crippen molar-refractivity contribution in [2.24, 2.45) is 0 Å². The predicted molar refractivity (Wildman–Crippen MR) is 97.6 cm³/mol. The van der Waals surface area contributed by atoms with Crippen molar-refractivity contribution in [2.75, 3.05) is 5.32 Å².